The Kier molecular flexibility index (Phi) is 6.23. The first-order chi connectivity index (χ1) is 14.6. The number of primary sulfonamides is 1. The molecule has 0 fully saturated rings. The molecule has 162 valence electrons. The lowest BCUT2D eigenvalue weighted by molar-refractivity contribution is -0.123. The van der Waals surface area contributed by atoms with Crippen molar-refractivity contribution in [2.24, 2.45) is 5.14 Å². The summed E-state index contributed by atoms with van der Waals surface area (Å²) in [6, 6.07) is 14.7. The van der Waals surface area contributed by atoms with Gasteiger partial charge in [-0.1, -0.05) is 18.2 Å². The zero-order chi connectivity index (χ0) is 22.8. The van der Waals surface area contributed by atoms with Gasteiger partial charge in [-0.05, 0) is 57.2 Å². The number of nitrogens with one attached hydrogen (secondary N) is 1. The van der Waals surface area contributed by atoms with Crippen molar-refractivity contribution in [3.05, 3.63) is 71.5 Å². The van der Waals surface area contributed by atoms with Crippen LogP contribution in [0.25, 0.3) is 5.69 Å². The molecule has 10 heteroatoms. The van der Waals surface area contributed by atoms with Gasteiger partial charge in [-0.15, -0.1) is 0 Å². The molecule has 3 aromatic rings. The van der Waals surface area contributed by atoms with Crippen LogP contribution in [-0.4, -0.2) is 36.2 Å². The maximum absolute atomic E-state index is 12.7. The van der Waals surface area contributed by atoms with Crippen LogP contribution in [0.2, 0.25) is 0 Å². The van der Waals surface area contributed by atoms with E-state index in [4.69, 9.17) is 9.88 Å². The fourth-order valence-corrected chi connectivity index (χ4v) is 3.52. The van der Waals surface area contributed by atoms with Crippen molar-refractivity contribution in [3.8, 4) is 5.69 Å². The predicted octanol–water partition coefficient (Wildman–Crippen LogP) is 2.32. The number of ether oxygens (including phenoxy) is 1. The lowest BCUT2D eigenvalue weighted by Crippen LogP contribution is -2.30. The number of sulfonamides is 1. The number of anilines is 1. The normalized spacial score (nSPS) is 12.3. The maximum atomic E-state index is 12.7. The summed E-state index contributed by atoms with van der Waals surface area (Å²) in [5.41, 5.74) is 2.51. The molecule has 1 heterocycles. The van der Waals surface area contributed by atoms with E-state index < -0.39 is 28.0 Å². The van der Waals surface area contributed by atoms with Gasteiger partial charge < -0.3 is 10.1 Å². The van der Waals surface area contributed by atoms with Crippen LogP contribution in [0.4, 0.5) is 5.69 Å². The monoisotopic (exact) mass is 442 g/mol. The number of benzene rings is 2. The van der Waals surface area contributed by atoms with Gasteiger partial charge in [0.05, 0.1) is 22.0 Å². The topological polar surface area (TPSA) is 133 Å². The molecule has 0 bridgehead atoms. The van der Waals surface area contributed by atoms with Crippen LogP contribution in [0.3, 0.4) is 0 Å². The molecule has 2 aromatic carbocycles. The van der Waals surface area contributed by atoms with Gasteiger partial charge in [0.2, 0.25) is 10.0 Å². The van der Waals surface area contributed by atoms with Crippen LogP contribution < -0.4 is 10.5 Å². The van der Waals surface area contributed by atoms with E-state index in [1.165, 1.54) is 31.2 Å². The fourth-order valence-electron chi connectivity index (χ4n) is 3.00. The van der Waals surface area contributed by atoms with Gasteiger partial charge in [0.1, 0.15) is 5.56 Å². The number of carbonyl (C=O) groups is 2. The number of nitrogens with two attached hydrogens (primary N) is 1. The Labute approximate surface area is 179 Å². The van der Waals surface area contributed by atoms with E-state index in [-0.39, 0.29) is 4.90 Å². The average molecular weight is 442 g/mol. The summed E-state index contributed by atoms with van der Waals surface area (Å²) in [5.74, 6) is -1.23. The Hall–Kier alpha value is -3.50. The second kappa shape index (κ2) is 8.70. The third-order valence-electron chi connectivity index (χ3n) is 4.60. The highest BCUT2D eigenvalue weighted by Gasteiger charge is 2.25. The first-order valence-corrected chi connectivity index (χ1v) is 10.9. The number of hydrogen-bond acceptors (Lipinski definition) is 6. The first kappa shape index (κ1) is 22.2. The number of nitrogens with zero attached hydrogens (tertiary/aromatic N) is 2. The van der Waals surface area contributed by atoms with Crippen LogP contribution in [0.1, 0.15) is 28.7 Å². The number of aryl methyl sites for hydroxylation is 1. The average Bonchev–Trinajstić information content (AvgIpc) is 3.02. The molecule has 1 amide bonds. The molecule has 0 unspecified atom stereocenters. The van der Waals surface area contributed by atoms with Crippen molar-refractivity contribution in [2.45, 2.75) is 31.8 Å². The summed E-state index contributed by atoms with van der Waals surface area (Å²) in [6.07, 6.45) is -1.09. The minimum atomic E-state index is -3.83. The van der Waals surface area contributed by atoms with Crippen LogP contribution in [0.15, 0.2) is 59.5 Å². The molecule has 0 radical (unpaired) electrons. The van der Waals surface area contributed by atoms with Crippen LogP contribution in [-0.2, 0) is 19.6 Å². The van der Waals surface area contributed by atoms with Gasteiger partial charge in [0.15, 0.2) is 6.10 Å². The summed E-state index contributed by atoms with van der Waals surface area (Å²) in [6.45, 7) is 4.89. The Morgan fingerprint density at radius 2 is 1.68 bits per heavy atom. The molecular formula is C21H22N4O5S. The zero-order valence-electron chi connectivity index (χ0n) is 17.2. The number of para-hydroxylation sites is 1. The third kappa shape index (κ3) is 4.98. The van der Waals surface area contributed by atoms with Gasteiger partial charge in [-0.2, -0.15) is 5.10 Å². The standard InChI is InChI=1S/C21H22N4O5S/c1-13-19(14(2)25(24-13)17-7-5-4-6-8-17)21(27)30-15(3)20(26)23-16-9-11-18(12-10-16)31(22,28)29/h4-12,15H,1-3H3,(H,23,26)(H2,22,28,29)/t15-/m1/s1. The number of hydrogen-bond donors (Lipinski definition) is 2. The molecule has 1 aromatic heterocycles. The van der Waals surface area contributed by atoms with E-state index in [9.17, 15) is 18.0 Å². The number of aromatic nitrogens is 2. The molecule has 0 aliphatic heterocycles. The van der Waals surface area contributed by atoms with Gasteiger partial charge in [-0.3, -0.25) is 4.79 Å². The Bertz CT molecular complexity index is 1220. The molecule has 0 aliphatic carbocycles. The molecule has 31 heavy (non-hydrogen) atoms. The highest BCUT2D eigenvalue weighted by atomic mass is 32.2. The lowest BCUT2D eigenvalue weighted by Gasteiger charge is -2.14. The third-order valence-corrected chi connectivity index (χ3v) is 5.53. The zero-order valence-corrected chi connectivity index (χ0v) is 18.0. The van der Waals surface area contributed by atoms with Crippen LogP contribution >= 0.6 is 0 Å². The quantitative estimate of drug-likeness (QED) is 0.563. The summed E-state index contributed by atoms with van der Waals surface area (Å²) in [5, 5.41) is 12.0. The van der Waals surface area contributed by atoms with Gasteiger partial charge in [-0.25, -0.2) is 23.0 Å². The summed E-state index contributed by atoms with van der Waals surface area (Å²) < 4.78 is 29.6. The highest BCUT2D eigenvalue weighted by molar-refractivity contribution is 7.89. The molecule has 3 rings (SSSR count). The van der Waals surface area contributed by atoms with E-state index in [1.54, 1.807) is 18.5 Å². The first-order valence-electron chi connectivity index (χ1n) is 9.34. The van der Waals surface area contributed by atoms with Crippen LogP contribution in [0.5, 0.6) is 0 Å². The van der Waals surface area contributed by atoms with Crippen molar-refractivity contribution in [1.82, 2.24) is 9.78 Å². The summed E-state index contributed by atoms with van der Waals surface area (Å²) in [4.78, 5) is 25.0. The van der Waals surface area contributed by atoms with Gasteiger partial charge in [0, 0.05) is 5.69 Å². The van der Waals surface area contributed by atoms with Crippen molar-refractivity contribution in [2.75, 3.05) is 5.32 Å². The maximum Gasteiger partial charge on any atom is 0.342 e. The largest absolute Gasteiger partial charge is 0.449 e. The molecular weight excluding hydrogens is 420 g/mol. The predicted molar refractivity (Wildman–Crippen MR) is 114 cm³/mol. The number of esters is 1. The van der Waals surface area contributed by atoms with E-state index in [2.05, 4.69) is 10.4 Å². The van der Waals surface area contributed by atoms with Gasteiger partial charge >= 0.3 is 5.97 Å². The summed E-state index contributed by atoms with van der Waals surface area (Å²) in [7, 11) is -3.83. The Morgan fingerprint density at radius 3 is 2.26 bits per heavy atom. The van der Waals surface area contributed by atoms with Crippen molar-refractivity contribution in [1.29, 1.82) is 0 Å². The highest BCUT2D eigenvalue weighted by Crippen LogP contribution is 2.20. The van der Waals surface area contributed by atoms with E-state index in [1.807, 2.05) is 30.3 Å². The Morgan fingerprint density at radius 1 is 1.06 bits per heavy atom. The van der Waals surface area contributed by atoms with E-state index >= 15 is 0 Å². The minimum absolute atomic E-state index is 0.0775. The fraction of sp³-hybridized carbons (Fsp3) is 0.190. The molecule has 0 saturated heterocycles. The minimum Gasteiger partial charge on any atom is -0.449 e. The Balaban J connectivity index is 1.70. The molecule has 0 spiro atoms. The van der Waals surface area contributed by atoms with E-state index in [0.717, 1.165) is 5.69 Å². The van der Waals surface area contributed by atoms with Gasteiger partial charge in [0.25, 0.3) is 5.91 Å². The lowest BCUT2D eigenvalue weighted by atomic mass is 10.2. The van der Waals surface area contributed by atoms with Crippen molar-refractivity contribution < 1.29 is 22.7 Å². The second-order valence-corrected chi connectivity index (χ2v) is 8.46. The number of carbonyl (C=O) groups excluding carboxylic acids is 2. The smallest absolute Gasteiger partial charge is 0.342 e. The van der Waals surface area contributed by atoms with E-state index in [0.29, 0.717) is 22.6 Å². The molecule has 0 saturated carbocycles. The summed E-state index contributed by atoms with van der Waals surface area (Å²) >= 11 is 0. The number of amides is 1. The SMILES string of the molecule is Cc1nn(-c2ccccc2)c(C)c1C(=O)O[C@H](C)C(=O)Nc1ccc(S(N)(=O)=O)cc1. The molecule has 0 aliphatic rings. The van der Waals surface area contributed by atoms with Crippen LogP contribution in [0, 0.1) is 13.8 Å². The van der Waals surface area contributed by atoms with Crippen molar-refractivity contribution >= 4 is 27.6 Å². The molecule has 1 atom stereocenters. The number of rotatable bonds is 6. The second-order valence-electron chi connectivity index (χ2n) is 6.90. The van der Waals surface area contributed by atoms with Crippen molar-refractivity contribution in [3.63, 3.8) is 0 Å². The molecule has 9 nitrogen and oxygen atoms in total. The molecule has 3 N–H and O–H groups in total.